The van der Waals surface area contributed by atoms with E-state index < -0.39 is 47.3 Å². The Hall–Kier alpha value is -3.57. The van der Waals surface area contributed by atoms with Gasteiger partial charge in [0.05, 0.1) is 19.9 Å². The number of para-hydroxylation sites is 1. The summed E-state index contributed by atoms with van der Waals surface area (Å²) in [5.41, 5.74) is -2.02. The van der Waals surface area contributed by atoms with Gasteiger partial charge in [-0.05, 0) is 18.2 Å². The van der Waals surface area contributed by atoms with Gasteiger partial charge in [0.1, 0.15) is 11.3 Å². The second-order valence-electron chi connectivity index (χ2n) is 6.01. The fourth-order valence-electron chi connectivity index (χ4n) is 2.89. The molecule has 0 aliphatic carbocycles. The average molecular weight is 416 g/mol. The van der Waals surface area contributed by atoms with Gasteiger partial charge in [0.2, 0.25) is 0 Å². The van der Waals surface area contributed by atoms with Crippen molar-refractivity contribution < 1.29 is 37.9 Å². The number of carbonyl (C=O) groups excluding carboxylic acids is 2. The van der Waals surface area contributed by atoms with Crippen LogP contribution in [0.4, 0.5) is 8.78 Å². The van der Waals surface area contributed by atoms with E-state index in [9.17, 15) is 18.4 Å². The molecule has 0 aliphatic heterocycles. The van der Waals surface area contributed by atoms with Gasteiger partial charge < -0.3 is 19.5 Å². The molecule has 3 rings (SSSR count). The zero-order chi connectivity index (χ0) is 22.0. The minimum Gasteiger partial charge on any atom is -0.465 e. The van der Waals surface area contributed by atoms with Crippen LogP contribution < -0.4 is 5.46 Å². The number of halogens is 2. The van der Waals surface area contributed by atoms with Gasteiger partial charge in [0, 0.05) is 11.0 Å². The van der Waals surface area contributed by atoms with E-state index >= 15 is 0 Å². The second-order valence-corrected chi connectivity index (χ2v) is 6.01. The molecule has 0 saturated carbocycles. The quantitative estimate of drug-likeness (QED) is 0.473. The van der Waals surface area contributed by atoms with Crippen LogP contribution in [-0.2, 0) is 9.47 Å². The van der Waals surface area contributed by atoms with E-state index in [0.29, 0.717) is 5.69 Å². The van der Waals surface area contributed by atoms with E-state index in [1.165, 1.54) is 0 Å². The van der Waals surface area contributed by atoms with E-state index in [0.717, 1.165) is 31.0 Å². The first kappa shape index (κ1) is 21.2. The number of methoxy groups -OCH3 is 2. The van der Waals surface area contributed by atoms with Crippen LogP contribution in [0.3, 0.4) is 0 Å². The largest absolute Gasteiger partial charge is 0.491 e. The monoisotopic (exact) mass is 416 g/mol. The summed E-state index contributed by atoms with van der Waals surface area (Å²) in [4.78, 5) is 24.9. The van der Waals surface area contributed by atoms with Gasteiger partial charge in [-0.3, -0.25) is 0 Å². The summed E-state index contributed by atoms with van der Waals surface area (Å²) >= 11 is 0. The molecule has 1 aromatic heterocycles. The van der Waals surface area contributed by atoms with Gasteiger partial charge in [0.25, 0.3) is 0 Å². The topological polar surface area (TPSA) is 111 Å². The smallest absolute Gasteiger partial charge is 0.465 e. The average Bonchev–Trinajstić information content (AvgIpc) is 3.15. The SMILES string of the molecule is COC(=O)c1c(-c2ccc(B(O)O)c(F)c2F)nn(-c2ccccc2)c1C(=O)OC. The van der Waals surface area contributed by atoms with Crippen LogP contribution in [-0.4, -0.2) is 53.1 Å². The predicted octanol–water partition coefficient (Wildman–Crippen LogP) is 1.07. The molecule has 0 amide bonds. The third kappa shape index (κ3) is 3.56. The minimum atomic E-state index is -2.25. The van der Waals surface area contributed by atoms with E-state index in [4.69, 9.17) is 19.5 Å². The Morgan fingerprint density at radius 2 is 1.60 bits per heavy atom. The molecule has 0 unspecified atom stereocenters. The van der Waals surface area contributed by atoms with Crippen molar-refractivity contribution in [2.75, 3.05) is 14.2 Å². The molecule has 0 saturated heterocycles. The van der Waals surface area contributed by atoms with Crippen LogP contribution in [0.5, 0.6) is 0 Å². The highest BCUT2D eigenvalue weighted by Gasteiger charge is 2.33. The normalized spacial score (nSPS) is 10.6. The van der Waals surface area contributed by atoms with Crippen LogP contribution in [0, 0.1) is 11.6 Å². The molecule has 3 aromatic rings. The molecule has 0 atom stereocenters. The molecule has 2 aromatic carbocycles. The van der Waals surface area contributed by atoms with E-state index in [1.807, 2.05) is 0 Å². The molecule has 11 heteroatoms. The van der Waals surface area contributed by atoms with E-state index in [2.05, 4.69) is 5.10 Å². The zero-order valence-corrected chi connectivity index (χ0v) is 15.8. The summed E-state index contributed by atoms with van der Waals surface area (Å²) in [6.07, 6.45) is 0. The Balaban J connectivity index is 2.38. The fourth-order valence-corrected chi connectivity index (χ4v) is 2.89. The third-order valence-corrected chi connectivity index (χ3v) is 4.30. The standard InChI is InChI=1S/C19H15BF2N2O6/c1-29-18(25)13-16(11-8-9-12(20(27)28)15(22)14(11)21)23-24(17(13)19(26)30-2)10-6-4-3-5-7-10/h3-9,27-28H,1-2H3. The molecule has 2 N–H and O–H groups in total. The molecule has 154 valence electrons. The number of benzene rings is 2. The molecule has 0 aliphatic rings. The Labute approximate surface area is 169 Å². The minimum absolute atomic E-state index is 0.345. The van der Waals surface area contributed by atoms with Crippen LogP contribution in [0.25, 0.3) is 16.9 Å². The molecular formula is C19H15BF2N2O6. The van der Waals surface area contributed by atoms with E-state index in [1.54, 1.807) is 30.3 Å². The lowest BCUT2D eigenvalue weighted by atomic mass is 9.79. The summed E-state index contributed by atoms with van der Waals surface area (Å²) in [7, 11) is -0.112. The zero-order valence-electron chi connectivity index (χ0n) is 15.8. The van der Waals surface area contributed by atoms with Crippen molar-refractivity contribution in [3.63, 3.8) is 0 Å². The van der Waals surface area contributed by atoms with Gasteiger partial charge >= 0.3 is 19.1 Å². The lowest BCUT2D eigenvalue weighted by Crippen LogP contribution is -2.33. The van der Waals surface area contributed by atoms with Gasteiger partial charge in [-0.25, -0.2) is 23.1 Å². The van der Waals surface area contributed by atoms with E-state index in [-0.39, 0.29) is 11.4 Å². The van der Waals surface area contributed by atoms with Crippen molar-refractivity contribution in [2.24, 2.45) is 0 Å². The molecule has 8 nitrogen and oxygen atoms in total. The number of nitrogens with zero attached hydrogens (tertiary/aromatic N) is 2. The van der Waals surface area contributed by atoms with Gasteiger partial charge in [-0.15, -0.1) is 0 Å². The number of rotatable bonds is 5. The Kier molecular flexibility index (Phi) is 5.95. The molecule has 1 heterocycles. The number of aromatic nitrogens is 2. The number of esters is 2. The molecular weight excluding hydrogens is 401 g/mol. The Bertz CT molecular complexity index is 1120. The summed E-state index contributed by atoms with van der Waals surface area (Å²) < 4.78 is 39.6. The molecule has 0 spiro atoms. The number of carbonyl (C=O) groups is 2. The highest BCUT2D eigenvalue weighted by molar-refractivity contribution is 6.58. The molecule has 30 heavy (non-hydrogen) atoms. The first-order valence-corrected chi connectivity index (χ1v) is 8.51. The molecule has 0 fully saturated rings. The lowest BCUT2D eigenvalue weighted by molar-refractivity contribution is 0.0549. The first-order chi connectivity index (χ1) is 14.3. The fraction of sp³-hybridized carbons (Fsp3) is 0.105. The summed E-state index contributed by atoms with van der Waals surface area (Å²) in [5, 5.41) is 22.5. The highest BCUT2D eigenvalue weighted by Crippen LogP contribution is 2.31. The van der Waals surface area contributed by atoms with Crippen molar-refractivity contribution in [1.82, 2.24) is 9.78 Å². The summed E-state index contributed by atoms with van der Waals surface area (Å²) in [6, 6.07) is 10.1. The maximum atomic E-state index is 14.8. The number of hydrogen-bond acceptors (Lipinski definition) is 7. The van der Waals surface area contributed by atoms with Crippen LogP contribution >= 0.6 is 0 Å². The van der Waals surface area contributed by atoms with Crippen molar-refractivity contribution in [2.45, 2.75) is 0 Å². The van der Waals surface area contributed by atoms with Crippen LogP contribution in [0.2, 0.25) is 0 Å². The summed E-state index contributed by atoms with van der Waals surface area (Å²) in [5.74, 6) is -5.01. The Morgan fingerprint density at radius 3 is 2.17 bits per heavy atom. The van der Waals surface area contributed by atoms with Crippen molar-refractivity contribution in [1.29, 1.82) is 0 Å². The second kappa shape index (κ2) is 8.43. The predicted molar refractivity (Wildman–Crippen MR) is 101 cm³/mol. The maximum Gasteiger partial charge on any atom is 0.491 e. The number of ether oxygens (including phenoxy) is 2. The van der Waals surface area contributed by atoms with Crippen LogP contribution in [0.15, 0.2) is 42.5 Å². The Morgan fingerprint density at radius 1 is 0.967 bits per heavy atom. The van der Waals surface area contributed by atoms with Gasteiger partial charge in [-0.1, -0.05) is 24.3 Å². The number of hydrogen-bond donors (Lipinski definition) is 2. The molecule has 0 bridgehead atoms. The van der Waals surface area contributed by atoms with Crippen LogP contribution in [0.1, 0.15) is 20.8 Å². The van der Waals surface area contributed by atoms with Gasteiger partial charge in [-0.2, -0.15) is 5.10 Å². The lowest BCUT2D eigenvalue weighted by Gasteiger charge is -2.08. The summed E-state index contributed by atoms with van der Waals surface area (Å²) in [6.45, 7) is 0. The highest BCUT2D eigenvalue weighted by atomic mass is 19.2. The maximum absolute atomic E-state index is 14.8. The molecule has 0 radical (unpaired) electrons. The van der Waals surface area contributed by atoms with Crippen molar-refractivity contribution in [3.8, 4) is 16.9 Å². The van der Waals surface area contributed by atoms with Crippen molar-refractivity contribution in [3.05, 3.63) is 65.4 Å². The van der Waals surface area contributed by atoms with Gasteiger partial charge in [0.15, 0.2) is 17.3 Å². The third-order valence-electron chi connectivity index (χ3n) is 4.30. The first-order valence-electron chi connectivity index (χ1n) is 8.51. The van der Waals surface area contributed by atoms with Crippen molar-refractivity contribution >= 4 is 24.5 Å².